The van der Waals surface area contributed by atoms with E-state index in [9.17, 15) is 0 Å². The monoisotopic (exact) mass is 300 g/mol. The first-order valence-electron chi connectivity index (χ1n) is 7.50. The van der Waals surface area contributed by atoms with Crippen LogP contribution in [-0.2, 0) is 6.54 Å². The first-order chi connectivity index (χ1) is 10.2. The number of rotatable bonds is 3. The number of hydrogen-bond acceptors (Lipinski definition) is 2. The van der Waals surface area contributed by atoms with Gasteiger partial charge in [-0.3, -0.25) is 4.90 Å². The van der Waals surface area contributed by atoms with Crippen molar-refractivity contribution in [2.24, 2.45) is 0 Å². The van der Waals surface area contributed by atoms with Crippen LogP contribution in [0, 0.1) is 6.92 Å². The molecule has 21 heavy (non-hydrogen) atoms. The summed E-state index contributed by atoms with van der Waals surface area (Å²) in [6, 6.07) is 17.0. The van der Waals surface area contributed by atoms with Gasteiger partial charge in [0.25, 0.3) is 0 Å². The Kier molecular flexibility index (Phi) is 4.47. The average Bonchev–Trinajstić information content (AvgIpc) is 2.51. The van der Waals surface area contributed by atoms with Gasteiger partial charge in [0.05, 0.1) is 0 Å². The molecule has 0 aromatic heterocycles. The Morgan fingerprint density at radius 1 is 0.905 bits per heavy atom. The molecular weight excluding hydrogens is 280 g/mol. The van der Waals surface area contributed by atoms with E-state index in [4.69, 9.17) is 11.6 Å². The van der Waals surface area contributed by atoms with Gasteiger partial charge in [0.1, 0.15) is 0 Å². The third-order valence-electron chi connectivity index (χ3n) is 4.12. The Morgan fingerprint density at radius 2 is 1.57 bits per heavy atom. The summed E-state index contributed by atoms with van der Waals surface area (Å²) in [7, 11) is 0. The lowest BCUT2D eigenvalue weighted by molar-refractivity contribution is 0.250. The topological polar surface area (TPSA) is 6.48 Å². The SMILES string of the molecule is Cc1ccc(N2CCN(Cc3ccccc3Cl)CC2)cc1. The first-order valence-corrected chi connectivity index (χ1v) is 7.87. The fourth-order valence-corrected chi connectivity index (χ4v) is 2.98. The van der Waals surface area contributed by atoms with E-state index in [-0.39, 0.29) is 0 Å². The molecule has 0 saturated carbocycles. The molecular formula is C18H21ClN2. The van der Waals surface area contributed by atoms with Crippen molar-refractivity contribution >= 4 is 17.3 Å². The standard InChI is InChI=1S/C18H21ClN2/c1-15-6-8-17(9-7-15)21-12-10-20(11-13-21)14-16-4-2-3-5-18(16)19/h2-9H,10-14H2,1H3. The Labute approximate surface area is 131 Å². The minimum absolute atomic E-state index is 0.874. The molecule has 2 aromatic rings. The molecule has 1 aliphatic heterocycles. The van der Waals surface area contributed by atoms with Gasteiger partial charge in [0.2, 0.25) is 0 Å². The zero-order valence-corrected chi connectivity index (χ0v) is 13.2. The average molecular weight is 301 g/mol. The molecule has 2 nitrogen and oxygen atoms in total. The number of anilines is 1. The van der Waals surface area contributed by atoms with Crippen LogP contribution in [0.15, 0.2) is 48.5 Å². The van der Waals surface area contributed by atoms with Crippen LogP contribution in [0.4, 0.5) is 5.69 Å². The maximum absolute atomic E-state index is 6.25. The van der Waals surface area contributed by atoms with Gasteiger partial charge in [-0.1, -0.05) is 47.5 Å². The summed E-state index contributed by atoms with van der Waals surface area (Å²) in [6.45, 7) is 7.39. The molecule has 1 fully saturated rings. The molecule has 1 aliphatic rings. The fourth-order valence-electron chi connectivity index (χ4n) is 2.79. The van der Waals surface area contributed by atoms with Crippen LogP contribution in [0.3, 0.4) is 0 Å². The molecule has 3 heteroatoms. The lowest BCUT2D eigenvalue weighted by atomic mass is 10.1. The third-order valence-corrected chi connectivity index (χ3v) is 4.49. The van der Waals surface area contributed by atoms with E-state index in [1.54, 1.807) is 0 Å². The first kappa shape index (κ1) is 14.4. The lowest BCUT2D eigenvalue weighted by Gasteiger charge is -2.36. The second kappa shape index (κ2) is 6.50. The van der Waals surface area contributed by atoms with E-state index in [1.165, 1.54) is 16.8 Å². The number of piperazine rings is 1. The quantitative estimate of drug-likeness (QED) is 0.846. The highest BCUT2D eigenvalue weighted by Gasteiger charge is 2.17. The van der Waals surface area contributed by atoms with Gasteiger partial charge in [-0.15, -0.1) is 0 Å². The molecule has 0 atom stereocenters. The van der Waals surface area contributed by atoms with Gasteiger partial charge in [-0.2, -0.15) is 0 Å². The van der Waals surface area contributed by atoms with E-state index in [0.29, 0.717) is 0 Å². The molecule has 0 unspecified atom stereocenters. The molecule has 0 radical (unpaired) electrons. The van der Waals surface area contributed by atoms with Crippen LogP contribution in [-0.4, -0.2) is 31.1 Å². The fraction of sp³-hybridized carbons (Fsp3) is 0.333. The summed E-state index contributed by atoms with van der Waals surface area (Å²) in [6.07, 6.45) is 0. The van der Waals surface area contributed by atoms with E-state index in [2.05, 4.69) is 53.1 Å². The predicted molar refractivity (Wildman–Crippen MR) is 90.1 cm³/mol. The van der Waals surface area contributed by atoms with Crippen LogP contribution < -0.4 is 4.90 Å². The van der Waals surface area contributed by atoms with Crippen molar-refractivity contribution in [3.63, 3.8) is 0 Å². The van der Waals surface area contributed by atoms with Gasteiger partial charge < -0.3 is 4.90 Å². The van der Waals surface area contributed by atoms with Gasteiger partial charge in [0.15, 0.2) is 0 Å². The molecule has 0 N–H and O–H groups in total. The smallest absolute Gasteiger partial charge is 0.0451 e. The summed E-state index contributed by atoms with van der Waals surface area (Å²) in [5.74, 6) is 0. The van der Waals surface area contributed by atoms with Crippen molar-refractivity contribution in [1.29, 1.82) is 0 Å². The molecule has 0 amide bonds. The molecule has 1 heterocycles. The summed E-state index contributed by atoms with van der Waals surface area (Å²) < 4.78 is 0. The normalized spacial score (nSPS) is 16.2. The third kappa shape index (κ3) is 3.58. The molecule has 1 saturated heterocycles. The summed E-state index contributed by atoms with van der Waals surface area (Å²) in [5, 5.41) is 0.874. The molecule has 0 bridgehead atoms. The number of aryl methyl sites for hydroxylation is 1. The Bertz CT molecular complexity index is 586. The molecule has 0 spiro atoms. The van der Waals surface area contributed by atoms with E-state index >= 15 is 0 Å². The minimum atomic E-state index is 0.874. The second-order valence-corrected chi connectivity index (χ2v) is 6.10. The van der Waals surface area contributed by atoms with Crippen molar-refractivity contribution in [3.05, 3.63) is 64.7 Å². The van der Waals surface area contributed by atoms with Crippen LogP contribution in [0.5, 0.6) is 0 Å². The van der Waals surface area contributed by atoms with Gasteiger partial charge in [0, 0.05) is 43.4 Å². The van der Waals surface area contributed by atoms with Crippen LogP contribution in [0.25, 0.3) is 0 Å². The lowest BCUT2D eigenvalue weighted by Crippen LogP contribution is -2.46. The van der Waals surface area contributed by atoms with E-state index in [1.807, 2.05) is 12.1 Å². The Balaban J connectivity index is 1.58. The second-order valence-electron chi connectivity index (χ2n) is 5.69. The van der Waals surface area contributed by atoms with Crippen LogP contribution in [0.2, 0.25) is 5.02 Å². The molecule has 3 rings (SSSR count). The zero-order chi connectivity index (χ0) is 14.7. The number of benzene rings is 2. The highest BCUT2D eigenvalue weighted by Crippen LogP contribution is 2.20. The van der Waals surface area contributed by atoms with Crippen LogP contribution in [0.1, 0.15) is 11.1 Å². The summed E-state index contributed by atoms with van der Waals surface area (Å²) >= 11 is 6.25. The van der Waals surface area contributed by atoms with Gasteiger partial charge >= 0.3 is 0 Å². The van der Waals surface area contributed by atoms with E-state index < -0.39 is 0 Å². The maximum atomic E-state index is 6.25. The highest BCUT2D eigenvalue weighted by atomic mass is 35.5. The van der Waals surface area contributed by atoms with Gasteiger partial charge in [-0.25, -0.2) is 0 Å². The van der Waals surface area contributed by atoms with Crippen molar-refractivity contribution in [3.8, 4) is 0 Å². The van der Waals surface area contributed by atoms with Gasteiger partial charge in [-0.05, 0) is 30.7 Å². The minimum Gasteiger partial charge on any atom is -0.369 e. The Hall–Kier alpha value is -1.51. The maximum Gasteiger partial charge on any atom is 0.0451 e. The molecule has 0 aliphatic carbocycles. The molecule has 2 aromatic carbocycles. The van der Waals surface area contributed by atoms with Crippen molar-refractivity contribution in [2.75, 3.05) is 31.1 Å². The Morgan fingerprint density at radius 3 is 2.24 bits per heavy atom. The highest BCUT2D eigenvalue weighted by molar-refractivity contribution is 6.31. The van der Waals surface area contributed by atoms with Crippen molar-refractivity contribution in [1.82, 2.24) is 4.90 Å². The number of nitrogens with zero attached hydrogens (tertiary/aromatic N) is 2. The molecule has 110 valence electrons. The number of halogens is 1. The van der Waals surface area contributed by atoms with Crippen LogP contribution >= 0.6 is 11.6 Å². The summed E-state index contributed by atoms with van der Waals surface area (Å²) in [5.41, 5.74) is 3.87. The summed E-state index contributed by atoms with van der Waals surface area (Å²) in [4.78, 5) is 4.94. The van der Waals surface area contributed by atoms with E-state index in [0.717, 1.165) is 37.7 Å². The van der Waals surface area contributed by atoms with Crippen molar-refractivity contribution in [2.45, 2.75) is 13.5 Å². The largest absolute Gasteiger partial charge is 0.369 e. The van der Waals surface area contributed by atoms with Crippen molar-refractivity contribution < 1.29 is 0 Å². The predicted octanol–water partition coefficient (Wildman–Crippen LogP) is 3.97. The number of hydrogen-bond donors (Lipinski definition) is 0. The zero-order valence-electron chi connectivity index (χ0n) is 12.4.